The molecule has 1 amide bonds. The maximum absolute atomic E-state index is 12.3. The van der Waals surface area contributed by atoms with Crippen molar-refractivity contribution in [3.63, 3.8) is 0 Å². The van der Waals surface area contributed by atoms with E-state index in [1.165, 1.54) is 0 Å². The minimum Gasteiger partial charge on any atom is -0.480 e. The van der Waals surface area contributed by atoms with Crippen LogP contribution in [-0.2, 0) is 25.7 Å². The molecule has 2 aliphatic rings. The van der Waals surface area contributed by atoms with Gasteiger partial charge in [-0.2, -0.15) is 0 Å². The summed E-state index contributed by atoms with van der Waals surface area (Å²) in [6.45, 7) is 3.46. The fourth-order valence-corrected chi connectivity index (χ4v) is 4.73. The van der Waals surface area contributed by atoms with Crippen molar-refractivity contribution in [2.75, 3.05) is 45.9 Å². The molecule has 2 atom stereocenters. The second-order valence-corrected chi connectivity index (χ2v) is 8.62. The maximum atomic E-state index is 12.3. The number of amides is 1. The molecule has 3 heterocycles. The molecule has 2 fully saturated rings. The molecule has 4 rings (SSSR count). The molecule has 2 aliphatic heterocycles. The van der Waals surface area contributed by atoms with E-state index >= 15 is 0 Å². The Kier molecular flexibility index (Phi) is 7.26. The number of aromatic nitrogens is 1. The van der Waals surface area contributed by atoms with Gasteiger partial charge < -0.3 is 24.8 Å². The van der Waals surface area contributed by atoms with E-state index in [4.69, 9.17) is 4.74 Å². The Labute approximate surface area is 191 Å². The standard InChI is InChI=1S/C23H30N4O6/c28-20(24-12-16-4-3-11-33-16)14-25-7-9-26(10-8-25)22(23(31)32)18-13-27(15-21(29)30)19-6-2-1-5-17(18)19/h1-2,5-6,13,16,22H,3-4,7-12,14-15H2,(H,24,28)(H,29,30)(H,31,32)/t16-,22-/m0/s1. The first kappa shape index (κ1) is 23.2. The number of fused-ring (bicyclic) bond motifs is 1. The number of hydrogen-bond donors (Lipinski definition) is 3. The van der Waals surface area contributed by atoms with Crippen LogP contribution in [0.1, 0.15) is 24.4 Å². The van der Waals surface area contributed by atoms with Crippen molar-refractivity contribution >= 4 is 28.7 Å². The summed E-state index contributed by atoms with van der Waals surface area (Å²) < 4.78 is 7.11. The number of piperazine rings is 1. The molecule has 2 aromatic rings. The van der Waals surface area contributed by atoms with E-state index in [0.717, 1.165) is 24.8 Å². The fraction of sp³-hybridized carbons (Fsp3) is 0.522. The average molecular weight is 459 g/mol. The zero-order valence-electron chi connectivity index (χ0n) is 18.5. The van der Waals surface area contributed by atoms with Crippen LogP contribution >= 0.6 is 0 Å². The number of carboxylic acid groups (broad SMARTS) is 2. The van der Waals surface area contributed by atoms with Crippen LogP contribution in [-0.4, -0.2) is 94.4 Å². The fourth-order valence-electron chi connectivity index (χ4n) is 4.73. The lowest BCUT2D eigenvalue weighted by Crippen LogP contribution is -2.51. The van der Waals surface area contributed by atoms with E-state index in [9.17, 15) is 24.6 Å². The van der Waals surface area contributed by atoms with E-state index in [2.05, 4.69) is 5.32 Å². The zero-order valence-corrected chi connectivity index (χ0v) is 18.5. The van der Waals surface area contributed by atoms with Crippen molar-refractivity contribution in [3.05, 3.63) is 36.0 Å². The summed E-state index contributed by atoms with van der Waals surface area (Å²) in [5.74, 6) is -2.01. The van der Waals surface area contributed by atoms with Crippen LogP contribution in [0.15, 0.2) is 30.5 Å². The molecule has 1 aromatic heterocycles. The Morgan fingerprint density at radius 2 is 1.85 bits per heavy atom. The van der Waals surface area contributed by atoms with Crippen LogP contribution in [0, 0.1) is 0 Å². The third-order valence-electron chi connectivity index (χ3n) is 6.34. The summed E-state index contributed by atoms with van der Waals surface area (Å²) in [7, 11) is 0. The van der Waals surface area contributed by atoms with Gasteiger partial charge in [-0.05, 0) is 18.9 Å². The molecule has 0 aliphatic carbocycles. The number of rotatable bonds is 9. The van der Waals surface area contributed by atoms with Gasteiger partial charge in [0.2, 0.25) is 5.91 Å². The molecule has 178 valence electrons. The number of para-hydroxylation sites is 1. The number of hydrogen-bond acceptors (Lipinski definition) is 6. The second-order valence-electron chi connectivity index (χ2n) is 8.62. The average Bonchev–Trinajstić information content (AvgIpc) is 3.42. The van der Waals surface area contributed by atoms with Gasteiger partial charge in [0.05, 0.1) is 12.6 Å². The normalized spacial score (nSPS) is 20.7. The molecule has 0 unspecified atom stereocenters. The van der Waals surface area contributed by atoms with Crippen LogP contribution in [0.3, 0.4) is 0 Å². The molecule has 10 nitrogen and oxygen atoms in total. The van der Waals surface area contributed by atoms with Crippen molar-refractivity contribution in [1.29, 1.82) is 0 Å². The smallest absolute Gasteiger partial charge is 0.325 e. The van der Waals surface area contributed by atoms with Crippen LogP contribution in [0.25, 0.3) is 10.9 Å². The Bertz CT molecular complexity index is 1010. The largest absolute Gasteiger partial charge is 0.480 e. The lowest BCUT2D eigenvalue weighted by molar-refractivity contribution is -0.144. The van der Waals surface area contributed by atoms with E-state index in [1.807, 2.05) is 28.0 Å². The van der Waals surface area contributed by atoms with Gasteiger partial charge >= 0.3 is 11.9 Å². The molecule has 33 heavy (non-hydrogen) atoms. The molecule has 0 radical (unpaired) electrons. The molecule has 0 bridgehead atoms. The van der Waals surface area contributed by atoms with Crippen LogP contribution in [0.2, 0.25) is 0 Å². The first-order valence-corrected chi connectivity index (χ1v) is 11.3. The van der Waals surface area contributed by atoms with Gasteiger partial charge in [-0.15, -0.1) is 0 Å². The van der Waals surface area contributed by atoms with Crippen molar-refractivity contribution in [1.82, 2.24) is 19.7 Å². The first-order valence-electron chi connectivity index (χ1n) is 11.3. The molecule has 0 saturated carbocycles. The van der Waals surface area contributed by atoms with Gasteiger partial charge in [-0.3, -0.25) is 24.2 Å². The highest BCUT2D eigenvalue weighted by atomic mass is 16.5. The van der Waals surface area contributed by atoms with Gasteiger partial charge in [-0.1, -0.05) is 18.2 Å². The van der Waals surface area contributed by atoms with E-state index in [-0.39, 0.29) is 25.1 Å². The highest BCUT2D eigenvalue weighted by Crippen LogP contribution is 2.31. The number of ether oxygens (including phenoxy) is 1. The van der Waals surface area contributed by atoms with E-state index in [0.29, 0.717) is 43.8 Å². The third kappa shape index (κ3) is 5.52. The number of aliphatic carboxylic acids is 2. The van der Waals surface area contributed by atoms with Crippen molar-refractivity contribution in [3.8, 4) is 0 Å². The number of carbonyl (C=O) groups excluding carboxylic acids is 1. The molecule has 10 heteroatoms. The third-order valence-corrected chi connectivity index (χ3v) is 6.34. The van der Waals surface area contributed by atoms with Crippen LogP contribution < -0.4 is 5.32 Å². The van der Waals surface area contributed by atoms with E-state index in [1.54, 1.807) is 16.8 Å². The lowest BCUT2D eigenvalue weighted by Gasteiger charge is -2.37. The molecule has 3 N–H and O–H groups in total. The lowest BCUT2D eigenvalue weighted by atomic mass is 10.0. The van der Waals surface area contributed by atoms with Gasteiger partial charge in [-0.25, -0.2) is 0 Å². The quantitative estimate of drug-likeness (QED) is 0.503. The Balaban J connectivity index is 1.40. The van der Waals surface area contributed by atoms with Crippen molar-refractivity contribution in [2.24, 2.45) is 0 Å². The summed E-state index contributed by atoms with van der Waals surface area (Å²) >= 11 is 0. The summed E-state index contributed by atoms with van der Waals surface area (Å²) in [4.78, 5) is 39.8. The SMILES string of the molecule is O=C(O)Cn1cc([C@@H](C(=O)O)N2CCN(CC(=O)NC[C@@H]3CCCO3)CC2)c2ccccc21. The molecular weight excluding hydrogens is 428 g/mol. The first-order chi connectivity index (χ1) is 15.9. The van der Waals surface area contributed by atoms with Gasteiger partial charge in [0, 0.05) is 62.0 Å². The van der Waals surface area contributed by atoms with Crippen molar-refractivity contribution < 1.29 is 29.3 Å². The summed E-state index contributed by atoms with van der Waals surface area (Å²) in [6, 6.07) is 6.37. The van der Waals surface area contributed by atoms with Gasteiger partial charge in [0.1, 0.15) is 12.6 Å². The zero-order chi connectivity index (χ0) is 23.4. The van der Waals surface area contributed by atoms with E-state index < -0.39 is 18.0 Å². The predicted octanol–water partition coefficient (Wildman–Crippen LogP) is 0.764. The molecule has 2 saturated heterocycles. The van der Waals surface area contributed by atoms with Crippen molar-refractivity contribution in [2.45, 2.75) is 31.5 Å². The summed E-state index contributed by atoms with van der Waals surface area (Å²) in [6.07, 6.45) is 3.74. The summed E-state index contributed by atoms with van der Waals surface area (Å²) in [5.41, 5.74) is 1.28. The number of nitrogens with one attached hydrogen (secondary N) is 1. The second kappa shape index (κ2) is 10.3. The molecule has 1 aromatic carbocycles. The molecular formula is C23H30N4O6. The monoisotopic (exact) mass is 458 g/mol. The van der Waals surface area contributed by atoms with Gasteiger partial charge in [0.15, 0.2) is 0 Å². The number of nitrogens with zero attached hydrogens (tertiary/aromatic N) is 3. The Morgan fingerprint density at radius 1 is 1.09 bits per heavy atom. The highest BCUT2D eigenvalue weighted by Gasteiger charge is 2.33. The number of carboxylic acids is 2. The highest BCUT2D eigenvalue weighted by molar-refractivity contribution is 5.90. The summed E-state index contributed by atoms with van der Waals surface area (Å²) in [5, 5.41) is 23.0. The topological polar surface area (TPSA) is 124 Å². The van der Waals surface area contributed by atoms with Crippen LogP contribution in [0.4, 0.5) is 0 Å². The number of carbonyl (C=O) groups is 3. The number of benzene rings is 1. The Morgan fingerprint density at radius 3 is 2.52 bits per heavy atom. The van der Waals surface area contributed by atoms with Crippen LogP contribution in [0.5, 0.6) is 0 Å². The van der Waals surface area contributed by atoms with Gasteiger partial charge in [0.25, 0.3) is 0 Å². The molecule has 0 spiro atoms. The maximum Gasteiger partial charge on any atom is 0.325 e. The minimum absolute atomic E-state index is 0.0505. The minimum atomic E-state index is -0.986. The Hall–Kier alpha value is -2.95. The predicted molar refractivity (Wildman–Crippen MR) is 120 cm³/mol.